The molecule has 0 atom stereocenters. The zero-order chi connectivity index (χ0) is 10.6. The third kappa shape index (κ3) is 3.21. The van der Waals surface area contributed by atoms with E-state index in [4.69, 9.17) is 0 Å². The number of carbonyl (C=O) groups is 2. The van der Waals surface area contributed by atoms with Crippen LogP contribution in [-0.4, -0.2) is 26.3 Å². The van der Waals surface area contributed by atoms with Crippen LogP contribution in [0.2, 0.25) is 0 Å². The van der Waals surface area contributed by atoms with E-state index in [1.54, 1.807) is 12.1 Å². The van der Waals surface area contributed by atoms with Crippen molar-refractivity contribution in [3.8, 4) is 0 Å². The first kappa shape index (κ1) is 13.4. The first-order valence-corrected chi connectivity index (χ1v) is 3.87. The molecule has 0 aliphatic heterocycles. The molecule has 82 valence electrons. The highest BCUT2D eigenvalue weighted by molar-refractivity contribution is 5.88. The molecule has 0 amide bonds. The van der Waals surface area contributed by atoms with Gasteiger partial charge in [-0.05, 0) is 6.07 Å². The Hall–Kier alpha value is -1.62. The second kappa shape index (κ2) is 5.98. The molecule has 0 N–H and O–H groups in total. The van der Waals surface area contributed by atoms with Gasteiger partial charge in [-0.3, -0.25) is 0 Å². The average molecular weight is 232 g/mol. The van der Waals surface area contributed by atoms with Crippen LogP contribution in [0.3, 0.4) is 0 Å². The smallest absolute Gasteiger partial charge is 0.601 e. The molecule has 0 saturated carbocycles. The first-order chi connectivity index (χ1) is 6.69. The Labute approximate surface area is 93.0 Å². The second-order valence-corrected chi connectivity index (χ2v) is 2.46. The van der Waals surface area contributed by atoms with Crippen molar-refractivity contribution < 1.29 is 36.0 Å². The van der Waals surface area contributed by atoms with E-state index < -0.39 is 12.1 Å². The summed E-state index contributed by atoms with van der Waals surface area (Å²) in [5.41, 5.74) is 0.292. The van der Waals surface area contributed by atoms with E-state index in [9.17, 15) is 9.59 Å². The van der Waals surface area contributed by atoms with Crippen LogP contribution in [-0.2, 0) is 9.47 Å². The summed E-state index contributed by atoms with van der Waals surface area (Å²) in [5.74, 6) is -0.497. The van der Waals surface area contributed by atoms with Crippen LogP contribution in [0.5, 0.6) is 0 Å². The zero-order valence-corrected chi connectivity index (χ0v) is 9.02. The molecule has 6 heteroatoms. The maximum absolute atomic E-state index is 11.1. The highest BCUT2D eigenvalue weighted by Gasteiger charge is 2.17. The molecule has 0 aromatic carbocycles. The maximum Gasteiger partial charge on any atom is 0.601 e. The number of ether oxygens (including phenoxy) is 2. The summed E-state index contributed by atoms with van der Waals surface area (Å²) in [5, 5.41) is 0. The molecule has 1 rings (SSSR count). The third-order valence-electron chi connectivity index (χ3n) is 1.61. The van der Waals surface area contributed by atoms with Crippen molar-refractivity contribution in [1.82, 2.24) is 0 Å². The largest absolute Gasteiger partial charge is 1.00 e. The minimum atomic E-state index is -0.559. The molecular formula is C9H10ClNO4. The summed E-state index contributed by atoms with van der Waals surface area (Å²) in [6.07, 6.45) is 2.27. The van der Waals surface area contributed by atoms with E-state index in [1.807, 2.05) is 0 Å². The van der Waals surface area contributed by atoms with Crippen LogP contribution in [0.1, 0.15) is 10.4 Å². The standard InChI is InChI=1S/C9H10NO4.ClH/c1-13-8(11)7-4-3-5-10(6-7)9(12)14-2;/h3-6H,1-2H3;1H/q+1;/p-1. The Morgan fingerprint density at radius 3 is 2.47 bits per heavy atom. The molecule has 5 nitrogen and oxygen atoms in total. The van der Waals surface area contributed by atoms with Crippen LogP contribution in [0.15, 0.2) is 24.5 Å². The van der Waals surface area contributed by atoms with Crippen molar-refractivity contribution in [2.45, 2.75) is 0 Å². The quantitative estimate of drug-likeness (QED) is 0.392. The van der Waals surface area contributed by atoms with Crippen LogP contribution < -0.4 is 17.0 Å². The number of nitrogens with zero attached hydrogens (tertiary/aromatic N) is 1. The van der Waals surface area contributed by atoms with Crippen LogP contribution in [0.4, 0.5) is 4.79 Å². The van der Waals surface area contributed by atoms with Gasteiger partial charge in [0.2, 0.25) is 0 Å². The summed E-state index contributed by atoms with van der Waals surface area (Å²) < 4.78 is 10.1. The van der Waals surface area contributed by atoms with Crippen LogP contribution in [0.25, 0.3) is 0 Å². The van der Waals surface area contributed by atoms with Gasteiger partial charge in [-0.15, -0.1) is 0 Å². The SMILES string of the molecule is COC(=O)c1ccc[n+](C(=O)OC)c1.[Cl-]. The summed E-state index contributed by atoms with van der Waals surface area (Å²) in [4.78, 5) is 22.2. The number of aromatic nitrogens is 1. The van der Waals surface area contributed by atoms with Crippen LogP contribution in [0, 0.1) is 0 Å². The average Bonchev–Trinajstić information content (AvgIpc) is 2.27. The highest BCUT2D eigenvalue weighted by atomic mass is 35.5. The number of hydrogen-bond donors (Lipinski definition) is 0. The van der Waals surface area contributed by atoms with Crippen molar-refractivity contribution in [1.29, 1.82) is 0 Å². The van der Waals surface area contributed by atoms with Crippen molar-refractivity contribution in [3.63, 3.8) is 0 Å². The molecular weight excluding hydrogens is 222 g/mol. The van der Waals surface area contributed by atoms with Crippen LogP contribution >= 0.6 is 0 Å². The van der Waals surface area contributed by atoms with E-state index in [0.29, 0.717) is 5.56 Å². The summed E-state index contributed by atoms with van der Waals surface area (Å²) in [7, 11) is 2.54. The van der Waals surface area contributed by atoms with Gasteiger partial charge in [0.25, 0.3) is 0 Å². The number of rotatable bonds is 1. The van der Waals surface area contributed by atoms with Gasteiger partial charge in [0.15, 0.2) is 12.4 Å². The number of halogens is 1. The fourth-order valence-corrected chi connectivity index (χ4v) is 0.933. The van der Waals surface area contributed by atoms with Gasteiger partial charge in [0.05, 0.1) is 14.2 Å². The molecule has 0 aliphatic rings. The molecule has 0 radical (unpaired) electrons. The lowest BCUT2D eigenvalue weighted by Gasteiger charge is -1.96. The normalized spacial score (nSPS) is 8.67. The number of carbonyl (C=O) groups excluding carboxylic acids is 2. The van der Waals surface area contributed by atoms with Gasteiger partial charge in [0.1, 0.15) is 5.56 Å². The van der Waals surface area contributed by atoms with E-state index in [1.165, 1.54) is 26.6 Å². The molecule has 15 heavy (non-hydrogen) atoms. The van der Waals surface area contributed by atoms with Gasteiger partial charge in [-0.25, -0.2) is 4.79 Å². The third-order valence-corrected chi connectivity index (χ3v) is 1.61. The van der Waals surface area contributed by atoms with Gasteiger partial charge >= 0.3 is 12.1 Å². The predicted molar refractivity (Wildman–Crippen MR) is 45.8 cm³/mol. The van der Waals surface area contributed by atoms with Gasteiger partial charge in [-0.2, -0.15) is 4.79 Å². The lowest BCUT2D eigenvalue weighted by atomic mass is 10.3. The Morgan fingerprint density at radius 1 is 1.27 bits per heavy atom. The molecule has 0 bridgehead atoms. The maximum atomic E-state index is 11.1. The summed E-state index contributed by atoms with van der Waals surface area (Å²) in [6, 6.07) is 3.11. The molecule has 0 spiro atoms. The molecule has 1 aromatic rings. The van der Waals surface area contributed by atoms with Crippen molar-refractivity contribution >= 4 is 12.1 Å². The van der Waals surface area contributed by atoms with Crippen molar-refractivity contribution in [3.05, 3.63) is 30.1 Å². The van der Waals surface area contributed by atoms with Gasteiger partial charge in [-0.1, -0.05) is 4.57 Å². The second-order valence-electron chi connectivity index (χ2n) is 2.46. The summed E-state index contributed by atoms with van der Waals surface area (Å²) >= 11 is 0. The zero-order valence-electron chi connectivity index (χ0n) is 8.27. The predicted octanol–water partition coefficient (Wildman–Crippen LogP) is -2.62. The lowest BCUT2D eigenvalue weighted by Crippen LogP contribution is -3.00. The first-order valence-electron chi connectivity index (χ1n) is 3.87. The monoisotopic (exact) mass is 231 g/mol. The fraction of sp³-hybridized carbons (Fsp3) is 0.222. The molecule has 0 aliphatic carbocycles. The van der Waals surface area contributed by atoms with Gasteiger partial charge in [0, 0.05) is 6.07 Å². The molecule has 0 saturated heterocycles. The number of hydrogen-bond acceptors (Lipinski definition) is 4. The van der Waals surface area contributed by atoms with Crippen molar-refractivity contribution in [2.24, 2.45) is 0 Å². The number of esters is 1. The fourth-order valence-electron chi connectivity index (χ4n) is 0.933. The van der Waals surface area contributed by atoms with Crippen molar-refractivity contribution in [2.75, 3.05) is 14.2 Å². The number of methoxy groups -OCH3 is 2. The Kier molecular flexibility index (Phi) is 5.33. The lowest BCUT2D eigenvalue weighted by molar-refractivity contribution is -0.585. The van der Waals surface area contributed by atoms with E-state index in [0.717, 1.165) is 4.57 Å². The summed E-state index contributed by atoms with van der Waals surface area (Å²) in [6.45, 7) is 0. The highest BCUT2D eigenvalue weighted by Crippen LogP contribution is 1.96. The molecule has 0 fully saturated rings. The molecule has 0 unspecified atom stereocenters. The number of pyridine rings is 1. The van der Waals surface area contributed by atoms with E-state index in [-0.39, 0.29) is 12.4 Å². The van der Waals surface area contributed by atoms with Gasteiger partial charge < -0.3 is 21.9 Å². The topological polar surface area (TPSA) is 56.5 Å². The molecule has 1 heterocycles. The Balaban J connectivity index is 0.00000196. The molecule has 1 aromatic heterocycles. The minimum Gasteiger partial charge on any atom is -1.00 e. The minimum absolute atomic E-state index is 0. The van der Waals surface area contributed by atoms with E-state index in [2.05, 4.69) is 9.47 Å². The van der Waals surface area contributed by atoms with E-state index >= 15 is 0 Å². The Bertz CT molecular complexity index is 336. The Morgan fingerprint density at radius 2 is 1.93 bits per heavy atom.